The number of hydrogen-bond acceptors (Lipinski definition) is 6. The minimum absolute atomic E-state index is 0.188. The van der Waals surface area contributed by atoms with Gasteiger partial charge in [0.1, 0.15) is 11.6 Å². The van der Waals surface area contributed by atoms with Gasteiger partial charge in [0.15, 0.2) is 0 Å². The van der Waals surface area contributed by atoms with E-state index in [0.29, 0.717) is 29.4 Å². The highest BCUT2D eigenvalue weighted by molar-refractivity contribution is 7.92. The zero-order chi connectivity index (χ0) is 23.0. The van der Waals surface area contributed by atoms with Crippen molar-refractivity contribution in [2.45, 2.75) is 25.2 Å². The van der Waals surface area contributed by atoms with Crippen LogP contribution >= 0.6 is 0 Å². The highest BCUT2D eigenvalue weighted by atomic mass is 32.2. The Kier molecular flexibility index (Phi) is 5.18. The SMILES string of the molecule is CCc1nnc2c(Oc3cccc(NS(=O)(=O)c4ccc(C)cc4)c3)nc3ccccc3n12. The predicted octanol–water partition coefficient (Wildman–Crippen LogP) is 4.74. The Labute approximate surface area is 190 Å². The molecule has 0 spiro atoms. The molecule has 166 valence electrons. The van der Waals surface area contributed by atoms with E-state index in [4.69, 9.17) is 4.74 Å². The minimum Gasteiger partial charge on any atom is -0.436 e. The number of aromatic nitrogens is 4. The van der Waals surface area contributed by atoms with Gasteiger partial charge in [-0.2, -0.15) is 0 Å². The lowest BCUT2D eigenvalue weighted by Crippen LogP contribution is -2.12. The molecule has 0 aliphatic heterocycles. The van der Waals surface area contributed by atoms with Gasteiger partial charge in [0.25, 0.3) is 15.9 Å². The number of benzene rings is 3. The number of nitrogens with one attached hydrogen (secondary N) is 1. The van der Waals surface area contributed by atoms with E-state index < -0.39 is 10.0 Å². The molecule has 0 radical (unpaired) electrons. The highest BCUT2D eigenvalue weighted by Crippen LogP contribution is 2.29. The van der Waals surface area contributed by atoms with Crippen LogP contribution in [0.15, 0.2) is 77.7 Å². The first kappa shape index (κ1) is 20.9. The summed E-state index contributed by atoms with van der Waals surface area (Å²) in [6, 6.07) is 21.1. The Hall–Kier alpha value is -3.98. The van der Waals surface area contributed by atoms with Gasteiger partial charge in [-0.05, 0) is 43.3 Å². The molecule has 2 aromatic heterocycles. The van der Waals surface area contributed by atoms with Crippen molar-refractivity contribution in [1.29, 1.82) is 0 Å². The number of fused-ring (bicyclic) bond motifs is 3. The Balaban J connectivity index is 1.50. The largest absolute Gasteiger partial charge is 0.436 e. The molecule has 9 heteroatoms. The first-order valence-corrected chi connectivity index (χ1v) is 11.9. The second-order valence-corrected chi connectivity index (χ2v) is 9.27. The minimum atomic E-state index is -3.73. The molecule has 0 saturated heterocycles. The second-order valence-electron chi connectivity index (χ2n) is 7.58. The van der Waals surface area contributed by atoms with Crippen molar-refractivity contribution in [2.75, 3.05) is 4.72 Å². The second kappa shape index (κ2) is 8.18. The molecule has 33 heavy (non-hydrogen) atoms. The van der Waals surface area contributed by atoms with Crippen molar-refractivity contribution in [2.24, 2.45) is 0 Å². The van der Waals surface area contributed by atoms with E-state index >= 15 is 0 Å². The quantitative estimate of drug-likeness (QED) is 0.394. The monoisotopic (exact) mass is 459 g/mol. The molecule has 8 nitrogen and oxygen atoms in total. The van der Waals surface area contributed by atoms with Gasteiger partial charge in [0.2, 0.25) is 5.65 Å². The fourth-order valence-corrected chi connectivity index (χ4v) is 4.63. The lowest BCUT2D eigenvalue weighted by Gasteiger charge is -2.11. The number of anilines is 1. The summed E-state index contributed by atoms with van der Waals surface area (Å²) in [5.74, 6) is 1.51. The average Bonchev–Trinajstić information content (AvgIpc) is 3.24. The molecule has 0 saturated carbocycles. The predicted molar refractivity (Wildman–Crippen MR) is 126 cm³/mol. The summed E-state index contributed by atoms with van der Waals surface area (Å²) >= 11 is 0. The number of nitrogens with zero attached hydrogens (tertiary/aromatic N) is 4. The molecule has 3 aromatic carbocycles. The van der Waals surface area contributed by atoms with Crippen molar-refractivity contribution in [3.63, 3.8) is 0 Å². The van der Waals surface area contributed by atoms with E-state index in [9.17, 15) is 8.42 Å². The van der Waals surface area contributed by atoms with E-state index in [2.05, 4.69) is 19.9 Å². The van der Waals surface area contributed by atoms with E-state index in [1.807, 2.05) is 42.5 Å². The lowest BCUT2D eigenvalue weighted by atomic mass is 10.2. The standard InChI is InChI=1S/C24H21N5O3S/c1-3-22-26-27-23-24(25-20-9-4-5-10-21(20)29(22)23)32-18-8-6-7-17(15-18)28-33(30,31)19-13-11-16(2)12-14-19/h4-15,28H,3H2,1-2H3. The van der Waals surface area contributed by atoms with Crippen LogP contribution in [0.3, 0.4) is 0 Å². The molecule has 1 N–H and O–H groups in total. The third-order valence-electron chi connectivity index (χ3n) is 5.21. The molecule has 0 fully saturated rings. The first-order chi connectivity index (χ1) is 15.9. The van der Waals surface area contributed by atoms with Crippen LogP contribution in [-0.2, 0) is 16.4 Å². The van der Waals surface area contributed by atoms with Crippen molar-refractivity contribution < 1.29 is 13.2 Å². The van der Waals surface area contributed by atoms with Crippen LogP contribution in [0.1, 0.15) is 18.3 Å². The molecule has 5 rings (SSSR count). The fraction of sp³-hybridized carbons (Fsp3) is 0.125. The lowest BCUT2D eigenvalue weighted by molar-refractivity contribution is 0.467. The summed E-state index contributed by atoms with van der Waals surface area (Å²) in [6.07, 6.45) is 0.699. The summed E-state index contributed by atoms with van der Waals surface area (Å²) in [6.45, 7) is 3.91. The number of aryl methyl sites for hydroxylation is 2. The van der Waals surface area contributed by atoms with Gasteiger partial charge in [-0.25, -0.2) is 13.4 Å². The van der Waals surface area contributed by atoms with Crippen LogP contribution < -0.4 is 9.46 Å². The maximum Gasteiger partial charge on any atom is 0.266 e. The summed E-state index contributed by atoms with van der Waals surface area (Å²) < 4.78 is 36.1. The molecular formula is C24H21N5O3S. The van der Waals surface area contributed by atoms with Crippen LogP contribution in [0.5, 0.6) is 11.6 Å². The Bertz CT molecular complexity index is 1580. The maximum atomic E-state index is 12.8. The number of ether oxygens (including phenoxy) is 1. The van der Waals surface area contributed by atoms with Crippen molar-refractivity contribution >= 4 is 32.4 Å². The van der Waals surface area contributed by atoms with Gasteiger partial charge in [0.05, 0.1) is 21.6 Å². The number of sulfonamides is 1. The molecule has 0 bridgehead atoms. The molecule has 0 aliphatic rings. The smallest absolute Gasteiger partial charge is 0.266 e. The Morgan fingerprint density at radius 1 is 0.970 bits per heavy atom. The van der Waals surface area contributed by atoms with Crippen molar-refractivity contribution in [3.8, 4) is 11.6 Å². The zero-order valence-electron chi connectivity index (χ0n) is 18.1. The van der Waals surface area contributed by atoms with Crippen LogP contribution in [0.25, 0.3) is 16.7 Å². The summed E-state index contributed by atoms with van der Waals surface area (Å²) in [5.41, 5.74) is 3.49. The van der Waals surface area contributed by atoms with Gasteiger partial charge >= 0.3 is 0 Å². The van der Waals surface area contributed by atoms with E-state index in [0.717, 1.165) is 22.4 Å². The maximum absolute atomic E-state index is 12.8. The molecule has 0 aliphatic carbocycles. The first-order valence-electron chi connectivity index (χ1n) is 10.4. The summed E-state index contributed by atoms with van der Waals surface area (Å²) in [5, 5.41) is 8.55. The zero-order valence-corrected chi connectivity index (χ0v) is 18.9. The molecule has 0 unspecified atom stereocenters. The molecular weight excluding hydrogens is 438 g/mol. The average molecular weight is 460 g/mol. The van der Waals surface area contributed by atoms with Gasteiger partial charge in [0, 0.05) is 12.5 Å². The molecule has 0 amide bonds. The van der Waals surface area contributed by atoms with Crippen molar-refractivity contribution in [3.05, 3.63) is 84.2 Å². The van der Waals surface area contributed by atoms with E-state index in [1.165, 1.54) is 0 Å². The number of para-hydroxylation sites is 2. The molecule has 5 aromatic rings. The Morgan fingerprint density at radius 3 is 2.55 bits per heavy atom. The summed E-state index contributed by atoms with van der Waals surface area (Å²) in [7, 11) is -3.73. The van der Waals surface area contributed by atoms with Crippen LogP contribution in [0.4, 0.5) is 5.69 Å². The van der Waals surface area contributed by atoms with Crippen LogP contribution in [-0.4, -0.2) is 28.0 Å². The highest BCUT2D eigenvalue weighted by Gasteiger charge is 2.17. The number of hydrogen-bond donors (Lipinski definition) is 1. The molecule has 2 heterocycles. The van der Waals surface area contributed by atoms with Gasteiger partial charge < -0.3 is 4.74 Å². The molecule has 0 atom stereocenters. The fourth-order valence-electron chi connectivity index (χ4n) is 3.58. The summed E-state index contributed by atoms with van der Waals surface area (Å²) in [4.78, 5) is 4.81. The Morgan fingerprint density at radius 2 is 1.76 bits per heavy atom. The third kappa shape index (κ3) is 3.98. The van der Waals surface area contributed by atoms with Gasteiger partial charge in [-0.1, -0.05) is 42.8 Å². The van der Waals surface area contributed by atoms with Crippen LogP contribution in [0, 0.1) is 6.92 Å². The van der Waals surface area contributed by atoms with Crippen LogP contribution in [0.2, 0.25) is 0 Å². The van der Waals surface area contributed by atoms with E-state index in [1.54, 1.807) is 48.5 Å². The third-order valence-corrected chi connectivity index (χ3v) is 6.61. The van der Waals surface area contributed by atoms with Crippen molar-refractivity contribution in [1.82, 2.24) is 19.6 Å². The van der Waals surface area contributed by atoms with Gasteiger partial charge in [-0.15, -0.1) is 10.2 Å². The normalized spacial score (nSPS) is 11.7. The topological polar surface area (TPSA) is 98.5 Å². The van der Waals surface area contributed by atoms with E-state index in [-0.39, 0.29) is 4.90 Å². The number of rotatable bonds is 6. The van der Waals surface area contributed by atoms with Gasteiger partial charge in [-0.3, -0.25) is 9.12 Å².